The van der Waals surface area contributed by atoms with Gasteiger partial charge in [-0.15, -0.1) is 11.3 Å². The SMILES string of the molecule is O=[N+]([O-])c1ccc(Sc2nc3ccccc3s2)c([N+](=O)[O-])c1.[O]=[Fe]. The third kappa shape index (κ3) is 4.01. The molecular formula is C13H7FeN3O5S2. The number of nitro benzene ring substituents is 2. The Hall–Kier alpha value is -2.20. The molecule has 8 nitrogen and oxygen atoms in total. The van der Waals surface area contributed by atoms with E-state index in [1.807, 2.05) is 40.2 Å². The maximum atomic E-state index is 11.1. The van der Waals surface area contributed by atoms with E-state index in [4.69, 9.17) is 3.83 Å². The van der Waals surface area contributed by atoms with Crippen LogP contribution in [-0.4, -0.2) is 14.8 Å². The summed E-state index contributed by atoms with van der Waals surface area (Å²) in [7, 11) is 0. The van der Waals surface area contributed by atoms with Gasteiger partial charge in [0.15, 0.2) is 4.34 Å². The van der Waals surface area contributed by atoms with Crippen LogP contribution in [0.3, 0.4) is 0 Å². The number of nitrogens with zero attached hydrogens (tertiary/aromatic N) is 3. The molecule has 11 heteroatoms. The Morgan fingerprint density at radius 2 is 1.75 bits per heavy atom. The van der Waals surface area contributed by atoms with Crippen LogP contribution in [0.2, 0.25) is 0 Å². The van der Waals surface area contributed by atoms with Crippen LogP contribution in [0.4, 0.5) is 11.4 Å². The molecule has 0 amide bonds. The molecule has 1 heterocycles. The number of hydrogen-bond donors (Lipinski definition) is 0. The van der Waals surface area contributed by atoms with Crippen molar-refractivity contribution in [1.29, 1.82) is 0 Å². The number of nitro groups is 2. The van der Waals surface area contributed by atoms with E-state index in [1.165, 1.54) is 23.5 Å². The molecule has 124 valence electrons. The zero-order valence-electron chi connectivity index (χ0n) is 11.6. The van der Waals surface area contributed by atoms with Gasteiger partial charge in [-0.2, -0.15) is 0 Å². The van der Waals surface area contributed by atoms with E-state index in [0.717, 1.165) is 28.0 Å². The molecule has 0 saturated carbocycles. The average Bonchev–Trinajstić information content (AvgIpc) is 2.99. The Bertz CT molecular complexity index is 885. The van der Waals surface area contributed by atoms with Crippen molar-refractivity contribution in [3.8, 4) is 0 Å². The van der Waals surface area contributed by atoms with Gasteiger partial charge in [-0.25, -0.2) is 4.98 Å². The summed E-state index contributed by atoms with van der Waals surface area (Å²) in [6.07, 6.45) is 0. The van der Waals surface area contributed by atoms with Gasteiger partial charge in [0.05, 0.1) is 31.0 Å². The molecule has 0 radical (unpaired) electrons. The minimum atomic E-state index is -0.654. The van der Waals surface area contributed by atoms with Crippen LogP contribution >= 0.6 is 23.1 Å². The summed E-state index contributed by atoms with van der Waals surface area (Å²) < 4.78 is 9.63. The van der Waals surface area contributed by atoms with E-state index in [0.29, 0.717) is 9.24 Å². The number of hydrogen-bond acceptors (Lipinski definition) is 8. The molecule has 1 aromatic heterocycles. The van der Waals surface area contributed by atoms with Gasteiger partial charge in [0, 0.05) is 6.07 Å². The second-order valence-corrected chi connectivity index (χ2v) is 6.54. The van der Waals surface area contributed by atoms with E-state index in [-0.39, 0.29) is 11.4 Å². The van der Waals surface area contributed by atoms with Crippen LogP contribution in [0.25, 0.3) is 10.2 Å². The standard InChI is InChI=1S/C13H7N3O4S2.Fe.O/c17-15(18)8-5-6-12(10(7-8)16(19)20)22-13-14-9-3-1-2-4-11(9)21-13;;/h1-7H;;. The predicted octanol–water partition coefficient (Wildman–Crippen LogP) is 4.14. The summed E-state index contributed by atoms with van der Waals surface area (Å²) in [6.45, 7) is 0. The third-order valence-electron chi connectivity index (χ3n) is 2.82. The zero-order chi connectivity index (χ0) is 17.7. The van der Waals surface area contributed by atoms with E-state index >= 15 is 0 Å². The van der Waals surface area contributed by atoms with Gasteiger partial charge in [-0.05, 0) is 18.2 Å². The molecule has 3 rings (SSSR count). The van der Waals surface area contributed by atoms with Gasteiger partial charge in [0.1, 0.15) is 0 Å². The molecule has 0 fully saturated rings. The van der Waals surface area contributed by atoms with Gasteiger partial charge < -0.3 is 0 Å². The number of para-hydroxylation sites is 1. The zero-order valence-corrected chi connectivity index (χ0v) is 14.3. The first kappa shape index (κ1) is 18.1. The van der Waals surface area contributed by atoms with Gasteiger partial charge in [0.25, 0.3) is 11.4 Å². The van der Waals surface area contributed by atoms with Crippen molar-refractivity contribution in [2.24, 2.45) is 0 Å². The van der Waals surface area contributed by atoms with Crippen LogP contribution in [-0.2, 0) is 19.8 Å². The normalized spacial score (nSPS) is 10.0. The summed E-state index contributed by atoms with van der Waals surface area (Å²) in [5, 5.41) is 21.8. The Balaban J connectivity index is 0.00000100. The summed E-state index contributed by atoms with van der Waals surface area (Å²) in [6, 6.07) is 11.1. The second kappa shape index (κ2) is 8.06. The fourth-order valence-electron chi connectivity index (χ4n) is 1.84. The second-order valence-electron chi connectivity index (χ2n) is 4.22. The fourth-order valence-corrected chi connectivity index (χ4v) is 3.95. The van der Waals surface area contributed by atoms with E-state index in [1.54, 1.807) is 0 Å². The van der Waals surface area contributed by atoms with Gasteiger partial charge >= 0.3 is 19.8 Å². The Morgan fingerprint density at radius 1 is 1.04 bits per heavy atom. The Labute approximate surface area is 151 Å². The van der Waals surface area contributed by atoms with Crippen LogP contribution < -0.4 is 0 Å². The number of aromatic nitrogens is 1. The molecule has 0 saturated heterocycles. The number of thiazole rings is 1. The van der Waals surface area contributed by atoms with Crippen LogP contribution in [0.1, 0.15) is 0 Å². The number of benzene rings is 2. The topological polar surface area (TPSA) is 116 Å². The third-order valence-corrected chi connectivity index (χ3v) is 4.98. The summed E-state index contributed by atoms with van der Waals surface area (Å²) in [4.78, 5) is 25.3. The van der Waals surface area contributed by atoms with Crippen LogP contribution in [0, 0.1) is 20.2 Å². The molecule has 0 atom stereocenters. The maximum absolute atomic E-state index is 11.1. The van der Waals surface area contributed by atoms with Gasteiger partial charge in [-0.3, -0.25) is 20.2 Å². The fraction of sp³-hybridized carbons (Fsp3) is 0. The van der Waals surface area contributed by atoms with Crippen molar-refractivity contribution in [2.45, 2.75) is 9.24 Å². The first-order valence-corrected chi connectivity index (χ1v) is 8.23. The number of rotatable bonds is 4. The number of non-ortho nitro benzene ring substituents is 1. The molecule has 24 heavy (non-hydrogen) atoms. The van der Waals surface area contributed by atoms with Crippen LogP contribution in [0.15, 0.2) is 51.7 Å². The van der Waals surface area contributed by atoms with Crippen molar-refractivity contribution < 1.29 is 29.6 Å². The van der Waals surface area contributed by atoms with E-state index in [2.05, 4.69) is 4.98 Å². The van der Waals surface area contributed by atoms with Crippen molar-refractivity contribution in [2.75, 3.05) is 0 Å². The molecular weight excluding hydrogens is 398 g/mol. The summed E-state index contributed by atoms with van der Waals surface area (Å²) in [5.41, 5.74) is 0.221. The van der Waals surface area contributed by atoms with E-state index in [9.17, 15) is 20.2 Å². The summed E-state index contributed by atoms with van der Waals surface area (Å²) >= 11 is 4.55. The van der Waals surface area contributed by atoms with Crippen molar-refractivity contribution in [3.05, 3.63) is 62.7 Å². The Morgan fingerprint density at radius 3 is 2.38 bits per heavy atom. The quantitative estimate of drug-likeness (QED) is 0.364. The molecule has 0 unspecified atom stereocenters. The first-order valence-electron chi connectivity index (χ1n) is 6.15. The summed E-state index contributed by atoms with van der Waals surface area (Å²) in [5.74, 6) is 0. The monoisotopic (exact) mass is 405 g/mol. The van der Waals surface area contributed by atoms with E-state index < -0.39 is 9.85 Å². The molecule has 0 spiro atoms. The molecule has 0 aliphatic carbocycles. The van der Waals surface area contributed by atoms with Crippen molar-refractivity contribution >= 4 is 44.7 Å². The Kier molecular flexibility index (Phi) is 6.10. The van der Waals surface area contributed by atoms with Crippen LogP contribution in [0.5, 0.6) is 0 Å². The molecule has 0 bridgehead atoms. The molecule has 0 N–H and O–H groups in total. The van der Waals surface area contributed by atoms with Crippen molar-refractivity contribution in [1.82, 2.24) is 4.98 Å². The van der Waals surface area contributed by atoms with Gasteiger partial charge in [-0.1, -0.05) is 23.9 Å². The predicted molar refractivity (Wildman–Crippen MR) is 84.2 cm³/mol. The first-order chi connectivity index (χ1) is 11.5. The minimum absolute atomic E-state index is 0.293. The number of fused-ring (bicyclic) bond motifs is 1. The molecule has 0 aliphatic rings. The van der Waals surface area contributed by atoms with Gasteiger partial charge in [0.2, 0.25) is 0 Å². The molecule has 2 aromatic carbocycles. The molecule has 3 aromatic rings. The van der Waals surface area contributed by atoms with Crippen molar-refractivity contribution in [3.63, 3.8) is 0 Å². The molecule has 0 aliphatic heterocycles. The average molecular weight is 405 g/mol.